The summed E-state index contributed by atoms with van der Waals surface area (Å²) >= 11 is 10.7. The first kappa shape index (κ1) is 15.4. The van der Waals surface area contributed by atoms with Gasteiger partial charge in [-0.1, -0.05) is 33.6 Å². The van der Waals surface area contributed by atoms with Crippen LogP contribution in [0.25, 0.3) is 0 Å². The topological polar surface area (TPSA) is 29.1 Å². The number of anilines is 1. The number of carbonyl (C=O) groups is 1. The van der Waals surface area contributed by atoms with Gasteiger partial charge in [0.15, 0.2) is 0 Å². The Labute approximate surface area is 136 Å². The van der Waals surface area contributed by atoms with E-state index in [9.17, 15) is 4.79 Å². The van der Waals surface area contributed by atoms with Gasteiger partial charge in [0.1, 0.15) is 0 Å². The molecular formula is C15H13BrClNOS. The van der Waals surface area contributed by atoms with Crippen LogP contribution in [0.15, 0.2) is 57.9 Å². The quantitative estimate of drug-likeness (QED) is 0.747. The summed E-state index contributed by atoms with van der Waals surface area (Å²) in [6.45, 7) is 1.88. The molecule has 0 saturated carbocycles. The molecule has 0 heterocycles. The lowest BCUT2D eigenvalue weighted by Gasteiger charge is -2.12. The number of hydrogen-bond donors (Lipinski definition) is 1. The van der Waals surface area contributed by atoms with Crippen LogP contribution in [0.2, 0.25) is 5.02 Å². The Kier molecular flexibility index (Phi) is 5.52. The molecule has 1 atom stereocenters. The first-order valence-electron chi connectivity index (χ1n) is 6.03. The van der Waals surface area contributed by atoms with Gasteiger partial charge in [0.25, 0.3) is 0 Å². The van der Waals surface area contributed by atoms with Crippen LogP contribution < -0.4 is 5.32 Å². The highest BCUT2D eigenvalue weighted by atomic mass is 79.9. The van der Waals surface area contributed by atoms with Gasteiger partial charge in [0, 0.05) is 20.1 Å². The van der Waals surface area contributed by atoms with Gasteiger partial charge in [-0.25, -0.2) is 0 Å². The van der Waals surface area contributed by atoms with E-state index in [4.69, 9.17) is 11.6 Å². The predicted octanol–water partition coefficient (Wildman–Crippen LogP) is 5.22. The first-order chi connectivity index (χ1) is 9.54. The summed E-state index contributed by atoms with van der Waals surface area (Å²) in [6.07, 6.45) is 0. The molecule has 2 aromatic carbocycles. The average Bonchev–Trinajstić information content (AvgIpc) is 2.41. The molecule has 0 bridgehead atoms. The molecule has 0 spiro atoms. The summed E-state index contributed by atoms with van der Waals surface area (Å²) in [6, 6.07) is 15.0. The van der Waals surface area contributed by atoms with Crippen molar-refractivity contribution >= 4 is 50.9 Å². The van der Waals surface area contributed by atoms with Crippen LogP contribution in [0.5, 0.6) is 0 Å². The van der Waals surface area contributed by atoms with Gasteiger partial charge in [0.05, 0.1) is 5.25 Å². The Bertz CT molecular complexity index is 603. The molecule has 2 aromatic rings. The SMILES string of the molecule is CC(Sc1ccc(Cl)cc1)C(=O)Nc1cccc(Br)c1. The Morgan fingerprint density at radius 3 is 2.60 bits per heavy atom. The molecule has 5 heteroatoms. The van der Waals surface area contributed by atoms with Crippen LogP contribution >= 0.6 is 39.3 Å². The minimum absolute atomic E-state index is 0.0250. The van der Waals surface area contributed by atoms with E-state index in [-0.39, 0.29) is 11.2 Å². The van der Waals surface area contributed by atoms with E-state index in [1.54, 1.807) is 0 Å². The number of halogens is 2. The Morgan fingerprint density at radius 1 is 1.25 bits per heavy atom. The van der Waals surface area contributed by atoms with Gasteiger partial charge in [0.2, 0.25) is 5.91 Å². The molecule has 1 N–H and O–H groups in total. The molecular weight excluding hydrogens is 358 g/mol. The zero-order valence-corrected chi connectivity index (χ0v) is 13.9. The summed E-state index contributed by atoms with van der Waals surface area (Å²) < 4.78 is 0.938. The maximum atomic E-state index is 12.1. The second-order valence-corrected chi connectivity index (χ2v) is 6.98. The third kappa shape index (κ3) is 4.54. The van der Waals surface area contributed by atoms with Crippen molar-refractivity contribution in [3.05, 3.63) is 58.0 Å². The van der Waals surface area contributed by atoms with Crippen molar-refractivity contribution in [1.82, 2.24) is 0 Å². The number of amides is 1. The molecule has 0 aromatic heterocycles. The maximum absolute atomic E-state index is 12.1. The lowest BCUT2D eigenvalue weighted by molar-refractivity contribution is -0.115. The smallest absolute Gasteiger partial charge is 0.237 e. The van der Waals surface area contributed by atoms with Gasteiger partial charge < -0.3 is 5.32 Å². The maximum Gasteiger partial charge on any atom is 0.237 e. The van der Waals surface area contributed by atoms with E-state index in [0.717, 1.165) is 15.1 Å². The summed E-state index contributed by atoms with van der Waals surface area (Å²) in [7, 11) is 0. The predicted molar refractivity (Wildman–Crippen MR) is 89.5 cm³/mol. The first-order valence-corrected chi connectivity index (χ1v) is 8.08. The summed E-state index contributed by atoms with van der Waals surface area (Å²) in [5.74, 6) is -0.0250. The molecule has 104 valence electrons. The highest BCUT2D eigenvalue weighted by Crippen LogP contribution is 2.26. The Morgan fingerprint density at radius 2 is 1.95 bits per heavy atom. The zero-order chi connectivity index (χ0) is 14.5. The van der Waals surface area contributed by atoms with Crippen LogP contribution in [-0.4, -0.2) is 11.2 Å². The molecule has 20 heavy (non-hydrogen) atoms. The van der Waals surface area contributed by atoms with Crippen molar-refractivity contribution in [3.8, 4) is 0 Å². The number of benzene rings is 2. The van der Waals surface area contributed by atoms with Gasteiger partial charge in [-0.15, -0.1) is 11.8 Å². The standard InChI is InChI=1S/C15H13BrClNOS/c1-10(20-14-7-5-12(17)6-8-14)15(19)18-13-4-2-3-11(16)9-13/h2-10H,1H3,(H,18,19). The van der Waals surface area contributed by atoms with Crippen molar-refractivity contribution in [2.45, 2.75) is 17.1 Å². The molecule has 0 radical (unpaired) electrons. The Hall–Kier alpha value is -0.970. The lowest BCUT2D eigenvalue weighted by Crippen LogP contribution is -2.22. The Balaban J connectivity index is 1.96. The van der Waals surface area contributed by atoms with E-state index in [1.807, 2.05) is 55.5 Å². The zero-order valence-electron chi connectivity index (χ0n) is 10.8. The van der Waals surface area contributed by atoms with Crippen molar-refractivity contribution in [1.29, 1.82) is 0 Å². The fourth-order valence-electron chi connectivity index (χ4n) is 1.58. The number of thioether (sulfide) groups is 1. The van der Waals surface area contributed by atoms with E-state index < -0.39 is 0 Å². The summed E-state index contributed by atoms with van der Waals surface area (Å²) in [5.41, 5.74) is 0.785. The number of nitrogens with one attached hydrogen (secondary N) is 1. The van der Waals surface area contributed by atoms with Gasteiger partial charge >= 0.3 is 0 Å². The molecule has 1 amide bonds. The van der Waals surface area contributed by atoms with E-state index in [1.165, 1.54) is 11.8 Å². The molecule has 0 aliphatic carbocycles. The number of carbonyl (C=O) groups excluding carboxylic acids is 1. The minimum Gasteiger partial charge on any atom is -0.325 e. The van der Waals surface area contributed by atoms with Gasteiger partial charge in [-0.2, -0.15) is 0 Å². The second kappa shape index (κ2) is 7.16. The fraction of sp³-hybridized carbons (Fsp3) is 0.133. The third-order valence-electron chi connectivity index (χ3n) is 2.59. The van der Waals surface area contributed by atoms with Gasteiger partial charge in [-0.3, -0.25) is 4.79 Å². The van der Waals surface area contributed by atoms with Crippen LogP contribution in [0, 0.1) is 0 Å². The van der Waals surface area contributed by atoms with Crippen LogP contribution in [-0.2, 0) is 4.79 Å². The van der Waals surface area contributed by atoms with E-state index in [2.05, 4.69) is 21.2 Å². The monoisotopic (exact) mass is 369 g/mol. The highest BCUT2D eigenvalue weighted by Gasteiger charge is 2.14. The lowest BCUT2D eigenvalue weighted by atomic mass is 10.3. The van der Waals surface area contributed by atoms with Crippen molar-refractivity contribution in [2.24, 2.45) is 0 Å². The fourth-order valence-corrected chi connectivity index (χ4v) is 2.97. The normalized spacial score (nSPS) is 11.9. The van der Waals surface area contributed by atoms with E-state index >= 15 is 0 Å². The second-order valence-electron chi connectivity index (χ2n) is 4.21. The molecule has 0 aliphatic rings. The van der Waals surface area contributed by atoms with E-state index in [0.29, 0.717) is 5.02 Å². The number of rotatable bonds is 4. The van der Waals surface area contributed by atoms with Crippen LogP contribution in [0.1, 0.15) is 6.92 Å². The van der Waals surface area contributed by atoms with Crippen molar-refractivity contribution in [3.63, 3.8) is 0 Å². The molecule has 1 unspecified atom stereocenters. The van der Waals surface area contributed by atoms with Gasteiger partial charge in [-0.05, 0) is 49.4 Å². The highest BCUT2D eigenvalue weighted by molar-refractivity contribution is 9.10. The molecule has 2 rings (SSSR count). The average molecular weight is 371 g/mol. The molecule has 0 aliphatic heterocycles. The molecule has 2 nitrogen and oxygen atoms in total. The third-order valence-corrected chi connectivity index (χ3v) is 4.45. The van der Waals surface area contributed by atoms with Crippen molar-refractivity contribution < 1.29 is 4.79 Å². The number of hydrogen-bond acceptors (Lipinski definition) is 2. The molecule has 0 saturated heterocycles. The largest absolute Gasteiger partial charge is 0.325 e. The summed E-state index contributed by atoms with van der Waals surface area (Å²) in [5, 5.41) is 3.41. The summed E-state index contributed by atoms with van der Waals surface area (Å²) in [4.78, 5) is 13.1. The molecule has 0 fully saturated rings. The minimum atomic E-state index is -0.185. The van der Waals surface area contributed by atoms with Crippen molar-refractivity contribution in [2.75, 3.05) is 5.32 Å². The van der Waals surface area contributed by atoms with Crippen LogP contribution in [0.3, 0.4) is 0 Å². The van der Waals surface area contributed by atoms with Crippen LogP contribution in [0.4, 0.5) is 5.69 Å².